The minimum Gasteiger partial charge on any atom is -0.374 e. The average Bonchev–Trinajstić information content (AvgIpc) is 3.35. The van der Waals surface area contributed by atoms with Crippen LogP contribution in [-0.2, 0) is 15.2 Å². The summed E-state index contributed by atoms with van der Waals surface area (Å²) >= 11 is 18.4. The van der Waals surface area contributed by atoms with Crippen molar-refractivity contribution in [2.24, 2.45) is 5.16 Å². The summed E-state index contributed by atoms with van der Waals surface area (Å²) < 4.78 is 43.3. The Labute approximate surface area is 238 Å². The van der Waals surface area contributed by atoms with Crippen LogP contribution < -0.4 is 4.90 Å². The van der Waals surface area contributed by atoms with E-state index in [0.717, 1.165) is 12.1 Å². The Hall–Kier alpha value is -3.07. The number of halogens is 6. The maximum Gasteiger partial charge on any atom is 0.435 e. The topological polar surface area (TPSA) is 59.0 Å². The van der Waals surface area contributed by atoms with Crippen LogP contribution in [0, 0.1) is 0 Å². The molecule has 11 heteroatoms. The molecule has 1 aliphatic heterocycles. The summed E-state index contributed by atoms with van der Waals surface area (Å²) in [6.45, 7) is 1.58. The third-order valence-corrected chi connectivity index (χ3v) is 6.97. The number of rotatable bonds is 8. The van der Waals surface area contributed by atoms with E-state index in [2.05, 4.69) is 5.16 Å². The number of alkyl halides is 3. The summed E-state index contributed by atoms with van der Waals surface area (Å²) in [5.41, 5.74) is -2.45. The first-order valence-corrected chi connectivity index (χ1v) is 13.1. The molecule has 39 heavy (non-hydrogen) atoms. The van der Waals surface area contributed by atoms with Crippen molar-refractivity contribution in [3.63, 3.8) is 0 Å². The van der Waals surface area contributed by atoms with E-state index in [1.54, 1.807) is 30.3 Å². The molecule has 1 heterocycles. The second-order valence-corrected chi connectivity index (χ2v) is 10.3. The molecule has 5 nitrogen and oxygen atoms in total. The fourth-order valence-electron chi connectivity index (χ4n) is 4.28. The minimum absolute atomic E-state index is 0.0127. The van der Waals surface area contributed by atoms with Crippen molar-refractivity contribution in [2.75, 3.05) is 11.4 Å². The van der Waals surface area contributed by atoms with Crippen molar-refractivity contribution in [1.29, 1.82) is 0 Å². The van der Waals surface area contributed by atoms with Crippen molar-refractivity contribution < 1.29 is 27.6 Å². The van der Waals surface area contributed by atoms with Crippen molar-refractivity contribution in [1.82, 2.24) is 0 Å². The van der Waals surface area contributed by atoms with Crippen LogP contribution >= 0.6 is 34.8 Å². The summed E-state index contributed by atoms with van der Waals surface area (Å²) in [5, 5.41) is 3.94. The summed E-state index contributed by atoms with van der Waals surface area (Å²) in [6.07, 6.45) is -4.73. The predicted octanol–water partition coefficient (Wildman–Crippen LogP) is 8.25. The Morgan fingerprint density at radius 3 is 2.28 bits per heavy atom. The van der Waals surface area contributed by atoms with E-state index >= 15 is 0 Å². The van der Waals surface area contributed by atoms with Gasteiger partial charge in [-0.1, -0.05) is 71.1 Å². The highest BCUT2D eigenvalue weighted by Gasteiger charge is 2.62. The quantitative estimate of drug-likeness (QED) is 0.263. The van der Waals surface area contributed by atoms with Crippen LogP contribution in [0.25, 0.3) is 0 Å². The maximum atomic E-state index is 14.4. The molecule has 3 aromatic rings. The van der Waals surface area contributed by atoms with Gasteiger partial charge in [0.15, 0.2) is 5.78 Å². The molecule has 0 aromatic heterocycles. The van der Waals surface area contributed by atoms with Gasteiger partial charge in [-0.05, 0) is 48.9 Å². The van der Waals surface area contributed by atoms with Gasteiger partial charge in [0.2, 0.25) is 0 Å². The van der Waals surface area contributed by atoms with E-state index in [-0.39, 0.29) is 56.3 Å². The molecule has 3 aromatic carbocycles. The number of Topliss-reactive ketones (excluding diaryl/α,β-unsaturated/α-hetero) is 1. The number of amides is 1. The summed E-state index contributed by atoms with van der Waals surface area (Å²) in [4.78, 5) is 32.4. The molecule has 204 valence electrons. The lowest BCUT2D eigenvalue weighted by molar-refractivity contribution is -0.275. The van der Waals surface area contributed by atoms with Gasteiger partial charge in [0.05, 0.1) is 23.0 Å². The van der Waals surface area contributed by atoms with Gasteiger partial charge >= 0.3 is 6.18 Å². The highest BCUT2D eigenvalue weighted by molar-refractivity contribution is 6.35. The first-order valence-electron chi connectivity index (χ1n) is 11.9. The number of benzene rings is 3. The number of anilines is 1. The zero-order valence-corrected chi connectivity index (χ0v) is 22.8. The van der Waals surface area contributed by atoms with E-state index in [1.165, 1.54) is 29.2 Å². The fraction of sp³-hybridized carbons (Fsp3) is 0.250. The van der Waals surface area contributed by atoms with Crippen LogP contribution in [0.4, 0.5) is 18.9 Å². The molecule has 0 radical (unpaired) electrons. The average molecular weight is 598 g/mol. The lowest BCUT2D eigenvalue weighted by atomic mass is 9.86. The molecule has 0 N–H and O–H groups in total. The van der Waals surface area contributed by atoms with Crippen LogP contribution in [0.3, 0.4) is 0 Å². The van der Waals surface area contributed by atoms with Gasteiger partial charge in [0.25, 0.3) is 11.5 Å². The molecule has 4 rings (SSSR count). The number of nitrogens with zero attached hydrogens (tertiary/aromatic N) is 2. The van der Waals surface area contributed by atoms with Gasteiger partial charge in [-0.15, -0.1) is 0 Å². The van der Waals surface area contributed by atoms with Crippen molar-refractivity contribution in [2.45, 2.75) is 38.0 Å². The number of oxime groups is 1. The van der Waals surface area contributed by atoms with Gasteiger partial charge in [-0.3, -0.25) is 14.5 Å². The lowest BCUT2D eigenvalue weighted by Gasteiger charge is -2.29. The normalized spacial score (nSPS) is 16.9. The second kappa shape index (κ2) is 11.6. The highest BCUT2D eigenvalue weighted by atomic mass is 35.5. The minimum atomic E-state index is -4.87. The largest absolute Gasteiger partial charge is 0.435 e. The van der Waals surface area contributed by atoms with E-state index in [4.69, 9.17) is 39.6 Å². The van der Waals surface area contributed by atoms with Crippen molar-refractivity contribution >= 4 is 57.9 Å². The number of ketones is 1. The predicted molar refractivity (Wildman–Crippen MR) is 146 cm³/mol. The van der Waals surface area contributed by atoms with Gasteiger partial charge < -0.3 is 4.84 Å². The molecular formula is C28H22Cl3F3N2O3. The number of carbonyl (C=O) groups is 2. The van der Waals surface area contributed by atoms with Crippen LogP contribution in [0.15, 0.2) is 71.9 Å². The summed E-state index contributed by atoms with van der Waals surface area (Å²) in [6, 6.07) is 16.2. The van der Waals surface area contributed by atoms with Gasteiger partial charge in [-0.2, -0.15) is 13.2 Å². The van der Waals surface area contributed by atoms with Crippen LogP contribution in [-0.4, -0.2) is 30.1 Å². The fourth-order valence-corrected chi connectivity index (χ4v) is 5.03. The zero-order chi connectivity index (χ0) is 28.4. The van der Waals surface area contributed by atoms with E-state index < -0.39 is 24.1 Å². The highest BCUT2D eigenvalue weighted by Crippen LogP contribution is 2.50. The Kier molecular flexibility index (Phi) is 8.59. The smallest absolute Gasteiger partial charge is 0.374 e. The molecule has 1 unspecified atom stereocenters. The number of hydrogen-bond donors (Lipinski definition) is 0. The molecule has 1 aliphatic rings. The van der Waals surface area contributed by atoms with Crippen LogP contribution in [0.1, 0.15) is 47.7 Å². The second-order valence-electron chi connectivity index (χ2n) is 9.00. The summed E-state index contributed by atoms with van der Waals surface area (Å²) in [5.74, 6) is -0.680. The molecular weight excluding hydrogens is 576 g/mol. The summed E-state index contributed by atoms with van der Waals surface area (Å²) in [7, 11) is 0. The third-order valence-electron chi connectivity index (χ3n) is 6.21. The van der Waals surface area contributed by atoms with Crippen molar-refractivity contribution in [3.8, 4) is 0 Å². The van der Waals surface area contributed by atoms with E-state index in [0.29, 0.717) is 12.0 Å². The standard InChI is InChI=1S/C28H22Cl3F3N2O3/c1-2-6-22(37)16-36(26(38)17-7-4-3-5-8-17)25-11-18(9-10-23(25)31)24-15-27(39-35-24,28(32,33)34)19-12-20(29)14-21(30)13-19/h3-5,7-14H,2,6,15-16H2,1H3. The van der Waals surface area contributed by atoms with Gasteiger partial charge in [-0.25, -0.2) is 0 Å². The molecule has 0 aliphatic carbocycles. The van der Waals surface area contributed by atoms with Crippen LogP contribution in [0.5, 0.6) is 0 Å². The van der Waals surface area contributed by atoms with Gasteiger partial charge in [0, 0.05) is 39.6 Å². The lowest BCUT2D eigenvalue weighted by Crippen LogP contribution is -2.42. The van der Waals surface area contributed by atoms with Gasteiger partial charge in [0.1, 0.15) is 0 Å². The number of hydrogen-bond acceptors (Lipinski definition) is 4. The first kappa shape index (κ1) is 28.9. The molecule has 0 spiro atoms. The number of carbonyl (C=O) groups excluding carboxylic acids is 2. The molecule has 1 atom stereocenters. The Morgan fingerprint density at radius 2 is 1.67 bits per heavy atom. The van der Waals surface area contributed by atoms with Crippen molar-refractivity contribution in [3.05, 3.63) is 98.5 Å². The molecule has 0 bridgehead atoms. The maximum absolute atomic E-state index is 14.4. The SMILES string of the molecule is CCCC(=O)CN(C(=O)c1ccccc1)c1cc(C2=NOC(c3cc(Cl)cc(Cl)c3)(C(F)(F)F)C2)ccc1Cl. The molecule has 0 saturated heterocycles. The van der Waals surface area contributed by atoms with E-state index in [9.17, 15) is 22.8 Å². The zero-order valence-electron chi connectivity index (χ0n) is 20.6. The Morgan fingerprint density at radius 1 is 1.00 bits per heavy atom. The monoisotopic (exact) mass is 596 g/mol. The Balaban J connectivity index is 1.74. The Bertz CT molecular complexity index is 1410. The molecule has 0 fully saturated rings. The third kappa shape index (κ3) is 6.08. The first-order chi connectivity index (χ1) is 18.4. The molecule has 0 saturated carbocycles. The van der Waals surface area contributed by atoms with E-state index in [1.807, 2.05) is 6.92 Å². The molecule has 1 amide bonds. The van der Waals surface area contributed by atoms with Crippen LogP contribution in [0.2, 0.25) is 15.1 Å².